The van der Waals surface area contributed by atoms with Crippen LogP contribution in [0.15, 0.2) is 29.1 Å². The van der Waals surface area contributed by atoms with E-state index in [0.717, 1.165) is 11.1 Å². The number of methoxy groups -OCH3 is 1. The molecule has 0 fully saturated rings. The minimum absolute atomic E-state index is 0.192. The number of carbonyl (C=O) groups is 1. The molecule has 0 radical (unpaired) electrons. The van der Waals surface area contributed by atoms with Crippen molar-refractivity contribution in [2.45, 2.75) is 19.3 Å². The third kappa shape index (κ3) is 2.56. The summed E-state index contributed by atoms with van der Waals surface area (Å²) in [5.41, 5.74) is 0.608. The Labute approximate surface area is 104 Å². The van der Waals surface area contributed by atoms with Crippen LogP contribution in [0.4, 0.5) is 0 Å². The number of carbonyl (C=O) groups excluding carboxylic acids is 1. The van der Waals surface area contributed by atoms with Gasteiger partial charge in [-0.1, -0.05) is 18.2 Å². The van der Waals surface area contributed by atoms with Gasteiger partial charge in [0.05, 0.1) is 18.2 Å². The van der Waals surface area contributed by atoms with Crippen LogP contribution in [0.5, 0.6) is 0 Å². The Balaban J connectivity index is 2.21. The van der Waals surface area contributed by atoms with Crippen molar-refractivity contribution >= 4 is 16.7 Å². The molecule has 1 N–H and O–H groups in total. The van der Waals surface area contributed by atoms with E-state index in [-0.39, 0.29) is 11.5 Å². The van der Waals surface area contributed by atoms with Crippen molar-refractivity contribution in [1.82, 2.24) is 10.2 Å². The first-order valence-corrected chi connectivity index (χ1v) is 5.75. The van der Waals surface area contributed by atoms with Gasteiger partial charge in [-0.25, -0.2) is 5.10 Å². The molecule has 0 aliphatic heterocycles. The van der Waals surface area contributed by atoms with Gasteiger partial charge in [0, 0.05) is 11.8 Å². The average Bonchev–Trinajstić information content (AvgIpc) is 2.41. The highest BCUT2D eigenvalue weighted by Crippen LogP contribution is 2.14. The number of aromatic nitrogens is 2. The van der Waals surface area contributed by atoms with Gasteiger partial charge in [-0.3, -0.25) is 9.59 Å². The van der Waals surface area contributed by atoms with Gasteiger partial charge in [-0.05, 0) is 18.9 Å². The molecule has 0 aliphatic rings. The smallest absolute Gasteiger partial charge is 0.305 e. The van der Waals surface area contributed by atoms with Crippen LogP contribution < -0.4 is 5.56 Å². The fraction of sp³-hybridized carbons (Fsp3) is 0.308. The van der Waals surface area contributed by atoms with Crippen molar-refractivity contribution in [2.24, 2.45) is 0 Å². The maximum Gasteiger partial charge on any atom is 0.305 e. The van der Waals surface area contributed by atoms with Crippen LogP contribution in [0.25, 0.3) is 10.8 Å². The molecule has 5 nitrogen and oxygen atoms in total. The van der Waals surface area contributed by atoms with Gasteiger partial charge in [-0.15, -0.1) is 0 Å². The summed E-state index contributed by atoms with van der Waals surface area (Å²) < 4.78 is 4.58. The minimum Gasteiger partial charge on any atom is -0.469 e. The van der Waals surface area contributed by atoms with E-state index in [0.29, 0.717) is 24.6 Å². The Kier molecular flexibility index (Phi) is 3.72. The van der Waals surface area contributed by atoms with Crippen LogP contribution >= 0.6 is 0 Å². The molecule has 0 saturated carbocycles. The number of fused-ring (bicyclic) bond motifs is 1. The van der Waals surface area contributed by atoms with Crippen molar-refractivity contribution in [1.29, 1.82) is 0 Å². The zero-order valence-electron chi connectivity index (χ0n) is 10.1. The Morgan fingerprint density at radius 3 is 2.78 bits per heavy atom. The largest absolute Gasteiger partial charge is 0.469 e. The lowest BCUT2D eigenvalue weighted by atomic mass is 10.1. The van der Waals surface area contributed by atoms with Crippen LogP contribution in [0.1, 0.15) is 18.5 Å². The van der Waals surface area contributed by atoms with Gasteiger partial charge in [0.25, 0.3) is 5.56 Å². The van der Waals surface area contributed by atoms with E-state index in [4.69, 9.17) is 0 Å². The van der Waals surface area contributed by atoms with Crippen LogP contribution in [0.3, 0.4) is 0 Å². The zero-order valence-corrected chi connectivity index (χ0v) is 10.1. The maximum absolute atomic E-state index is 11.6. The standard InChI is InChI=1S/C13H14N2O3/c1-18-12(16)8-4-7-11-9-5-2-3-6-10(9)13(17)15-14-11/h2-3,5-6H,4,7-8H2,1H3,(H,15,17). The molecule has 94 valence electrons. The topological polar surface area (TPSA) is 72.0 Å². The molecule has 1 aromatic carbocycles. The maximum atomic E-state index is 11.6. The molecular weight excluding hydrogens is 232 g/mol. The predicted molar refractivity (Wildman–Crippen MR) is 67.3 cm³/mol. The number of aromatic amines is 1. The van der Waals surface area contributed by atoms with E-state index in [1.807, 2.05) is 18.2 Å². The first kappa shape index (κ1) is 12.3. The van der Waals surface area contributed by atoms with Crippen molar-refractivity contribution in [3.63, 3.8) is 0 Å². The molecule has 1 aromatic heterocycles. The molecule has 0 saturated heterocycles. The summed E-state index contributed by atoms with van der Waals surface area (Å²) in [6.07, 6.45) is 1.63. The zero-order chi connectivity index (χ0) is 13.0. The quantitative estimate of drug-likeness (QED) is 0.828. The SMILES string of the molecule is COC(=O)CCCc1n[nH]c(=O)c2ccccc12. The number of hydrogen-bond acceptors (Lipinski definition) is 4. The van der Waals surface area contributed by atoms with E-state index < -0.39 is 0 Å². The Morgan fingerprint density at radius 2 is 2.06 bits per heavy atom. The fourth-order valence-electron chi connectivity index (χ4n) is 1.86. The summed E-state index contributed by atoms with van der Waals surface area (Å²) in [5.74, 6) is -0.233. The summed E-state index contributed by atoms with van der Waals surface area (Å²) in [7, 11) is 1.37. The van der Waals surface area contributed by atoms with Crippen molar-refractivity contribution < 1.29 is 9.53 Å². The third-order valence-electron chi connectivity index (χ3n) is 2.80. The lowest BCUT2D eigenvalue weighted by molar-refractivity contribution is -0.140. The second kappa shape index (κ2) is 5.44. The lowest BCUT2D eigenvalue weighted by Gasteiger charge is -2.04. The van der Waals surface area contributed by atoms with Gasteiger partial charge in [0.15, 0.2) is 0 Å². The van der Waals surface area contributed by atoms with Gasteiger partial charge in [0.2, 0.25) is 0 Å². The summed E-state index contributed by atoms with van der Waals surface area (Å²) in [6, 6.07) is 7.31. The van der Waals surface area contributed by atoms with E-state index in [1.54, 1.807) is 6.07 Å². The minimum atomic E-state index is -0.233. The normalized spacial score (nSPS) is 10.5. The molecular formula is C13H14N2O3. The van der Waals surface area contributed by atoms with Crippen molar-refractivity contribution in [3.8, 4) is 0 Å². The summed E-state index contributed by atoms with van der Waals surface area (Å²) in [6.45, 7) is 0. The first-order valence-electron chi connectivity index (χ1n) is 5.75. The van der Waals surface area contributed by atoms with E-state index in [1.165, 1.54) is 7.11 Å². The molecule has 18 heavy (non-hydrogen) atoms. The summed E-state index contributed by atoms with van der Waals surface area (Å²) in [5, 5.41) is 7.98. The number of nitrogens with one attached hydrogen (secondary N) is 1. The van der Waals surface area contributed by atoms with Crippen LogP contribution in [0, 0.1) is 0 Å². The monoisotopic (exact) mass is 246 g/mol. The average molecular weight is 246 g/mol. The van der Waals surface area contributed by atoms with Gasteiger partial charge in [0.1, 0.15) is 0 Å². The molecule has 0 unspecified atom stereocenters. The van der Waals surface area contributed by atoms with E-state index >= 15 is 0 Å². The number of nitrogens with zero attached hydrogens (tertiary/aromatic N) is 1. The Bertz CT molecular complexity index is 619. The second-order valence-electron chi connectivity index (χ2n) is 3.97. The summed E-state index contributed by atoms with van der Waals surface area (Å²) >= 11 is 0. The second-order valence-corrected chi connectivity index (χ2v) is 3.97. The lowest BCUT2D eigenvalue weighted by Crippen LogP contribution is -2.11. The fourth-order valence-corrected chi connectivity index (χ4v) is 1.86. The molecule has 0 spiro atoms. The van der Waals surface area contributed by atoms with E-state index in [2.05, 4.69) is 14.9 Å². The number of H-pyrrole nitrogens is 1. The molecule has 0 bridgehead atoms. The molecule has 0 atom stereocenters. The molecule has 1 heterocycles. The number of esters is 1. The highest BCUT2D eigenvalue weighted by molar-refractivity contribution is 5.83. The van der Waals surface area contributed by atoms with Crippen molar-refractivity contribution in [3.05, 3.63) is 40.3 Å². The number of ether oxygens (including phenoxy) is 1. The van der Waals surface area contributed by atoms with Gasteiger partial charge < -0.3 is 4.74 Å². The third-order valence-corrected chi connectivity index (χ3v) is 2.80. The molecule has 2 aromatic rings. The molecule has 5 heteroatoms. The molecule has 0 aliphatic carbocycles. The number of benzene rings is 1. The predicted octanol–water partition coefficient (Wildman–Crippen LogP) is 1.42. The van der Waals surface area contributed by atoms with Crippen LogP contribution in [-0.4, -0.2) is 23.3 Å². The summed E-state index contributed by atoms with van der Waals surface area (Å²) in [4.78, 5) is 22.6. The number of aryl methyl sites for hydroxylation is 1. The highest BCUT2D eigenvalue weighted by Gasteiger charge is 2.07. The van der Waals surface area contributed by atoms with Gasteiger partial charge in [-0.2, -0.15) is 5.10 Å². The Hall–Kier alpha value is -2.17. The van der Waals surface area contributed by atoms with E-state index in [9.17, 15) is 9.59 Å². The molecule has 0 amide bonds. The Morgan fingerprint density at radius 1 is 1.33 bits per heavy atom. The molecule has 2 rings (SSSR count). The van der Waals surface area contributed by atoms with Gasteiger partial charge >= 0.3 is 5.97 Å². The number of hydrogen-bond donors (Lipinski definition) is 1. The van der Waals surface area contributed by atoms with Crippen LogP contribution in [0.2, 0.25) is 0 Å². The first-order chi connectivity index (χ1) is 8.72. The van der Waals surface area contributed by atoms with Crippen LogP contribution in [-0.2, 0) is 16.0 Å². The van der Waals surface area contributed by atoms with Crippen molar-refractivity contribution in [2.75, 3.05) is 7.11 Å². The number of rotatable bonds is 4. The highest BCUT2D eigenvalue weighted by atomic mass is 16.5.